The number of amides is 1. The molecule has 1 aliphatic heterocycles. The second kappa shape index (κ2) is 11.7. The van der Waals surface area contributed by atoms with E-state index in [-0.39, 0.29) is 11.9 Å². The Morgan fingerprint density at radius 1 is 0.939 bits per heavy atom. The van der Waals surface area contributed by atoms with E-state index in [9.17, 15) is 4.79 Å². The predicted molar refractivity (Wildman–Crippen MR) is 137 cm³/mol. The van der Waals surface area contributed by atoms with Crippen LogP contribution in [0.3, 0.4) is 0 Å². The lowest BCUT2D eigenvalue weighted by Gasteiger charge is -2.34. The van der Waals surface area contributed by atoms with E-state index in [1.807, 2.05) is 42.5 Å². The summed E-state index contributed by atoms with van der Waals surface area (Å²) in [4.78, 5) is 15.4. The Morgan fingerprint density at radius 2 is 1.61 bits per heavy atom. The zero-order valence-corrected chi connectivity index (χ0v) is 20.2. The highest BCUT2D eigenvalue weighted by Crippen LogP contribution is 2.24. The maximum absolute atomic E-state index is 12.9. The monoisotopic (exact) mass is 480 g/mol. The fourth-order valence-electron chi connectivity index (χ4n) is 4.60. The third kappa shape index (κ3) is 7.07. The summed E-state index contributed by atoms with van der Waals surface area (Å²) < 4.78 is 0. The van der Waals surface area contributed by atoms with Gasteiger partial charge in [-0.3, -0.25) is 4.79 Å². The lowest BCUT2D eigenvalue weighted by molar-refractivity contribution is 0.0914. The first-order chi connectivity index (χ1) is 16.1. The van der Waals surface area contributed by atoms with Crippen molar-refractivity contribution in [2.45, 2.75) is 31.7 Å². The number of hydrogen-bond donors (Lipinski definition) is 1. The first kappa shape index (κ1) is 23.8. The number of halogens is 2. The molecule has 0 spiro atoms. The Balaban J connectivity index is 1.39. The van der Waals surface area contributed by atoms with Gasteiger partial charge in [0.2, 0.25) is 0 Å². The summed E-state index contributed by atoms with van der Waals surface area (Å²) in [6.07, 6.45) is 4.16. The Labute approximate surface area is 206 Å². The van der Waals surface area contributed by atoms with Gasteiger partial charge in [-0.05, 0) is 80.1 Å². The fraction of sp³-hybridized carbons (Fsp3) is 0.321. The lowest BCUT2D eigenvalue weighted by atomic mass is 9.90. The van der Waals surface area contributed by atoms with Crippen LogP contribution in [0.15, 0.2) is 78.9 Å². The van der Waals surface area contributed by atoms with Gasteiger partial charge in [-0.25, -0.2) is 0 Å². The molecule has 1 saturated heterocycles. The molecule has 4 rings (SSSR count). The van der Waals surface area contributed by atoms with Crippen molar-refractivity contribution in [2.24, 2.45) is 5.92 Å². The van der Waals surface area contributed by atoms with Crippen molar-refractivity contribution in [3.63, 3.8) is 0 Å². The van der Waals surface area contributed by atoms with Crippen LogP contribution < -0.4 is 5.32 Å². The zero-order valence-electron chi connectivity index (χ0n) is 18.7. The predicted octanol–water partition coefficient (Wildman–Crippen LogP) is 6.29. The minimum Gasteiger partial charge on any atom is -0.348 e. The van der Waals surface area contributed by atoms with Crippen LogP contribution in [-0.4, -0.2) is 36.5 Å². The molecule has 172 valence electrons. The van der Waals surface area contributed by atoms with Crippen LogP contribution in [0.5, 0.6) is 0 Å². The van der Waals surface area contributed by atoms with Crippen molar-refractivity contribution < 1.29 is 4.79 Å². The molecule has 3 nitrogen and oxygen atoms in total. The van der Waals surface area contributed by atoms with Gasteiger partial charge in [0.25, 0.3) is 5.91 Å². The average Bonchev–Trinajstić information content (AvgIpc) is 2.83. The Kier molecular flexibility index (Phi) is 8.44. The van der Waals surface area contributed by atoms with Gasteiger partial charge in [-0.1, -0.05) is 77.8 Å². The van der Waals surface area contributed by atoms with E-state index < -0.39 is 0 Å². The molecule has 5 heteroatoms. The van der Waals surface area contributed by atoms with Gasteiger partial charge >= 0.3 is 0 Å². The molecule has 0 aliphatic carbocycles. The van der Waals surface area contributed by atoms with Crippen LogP contribution in [-0.2, 0) is 12.8 Å². The minimum absolute atomic E-state index is 0.0398. The first-order valence-electron chi connectivity index (χ1n) is 11.6. The van der Waals surface area contributed by atoms with Gasteiger partial charge in [0.1, 0.15) is 0 Å². The third-order valence-corrected chi connectivity index (χ3v) is 6.99. The summed E-state index contributed by atoms with van der Waals surface area (Å²) >= 11 is 12.5. The molecule has 33 heavy (non-hydrogen) atoms. The molecule has 0 aromatic heterocycles. The number of likely N-dealkylation sites (tertiary alicyclic amines) is 1. The molecular weight excluding hydrogens is 451 g/mol. The highest BCUT2D eigenvalue weighted by atomic mass is 35.5. The molecule has 0 saturated carbocycles. The Bertz CT molecular complexity index is 1030. The topological polar surface area (TPSA) is 32.3 Å². The van der Waals surface area contributed by atoms with Gasteiger partial charge < -0.3 is 10.2 Å². The number of nitrogens with one attached hydrogen (secondary N) is 1. The van der Waals surface area contributed by atoms with Crippen molar-refractivity contribution in [3.8, 4) is 0 Å². The van der Waals surface area contributed by atoms with Crippen molar-refractivity contribution in [1.82, 2.24) is 10.2 Å². The van der Waals surface area contributed by atoms with E-state index in [1.54, 1.807) is 6.07 Å². The number of piperidine rings is 1. The van der Waals surface area contributed by atoms with Crippen LogP contribution in [0.1, 0.15) is 34.3 Å². The zero-order chi connectivity index (χ0) is 23.0. The SMILES string of the molecule is O=C(NC(Cc1ccc(Cl)cc1Cl)CN1CCC(Cc2ccccc2)CC1)c1ccccc1. The van der Waals surface area contributed by atoms with Crippen LogP contribution in [0, 0.1) is 5.92 Å². The van der Waals surface area contributed by atoms with Gasteiger partial charge in [-0.2, -0.15) is 0 Å². The standard InChI is InChI=1S/C28H30Cl2N2O/c29-25-12-11-24(27(30)19-25)18-26(31-28(33)23-9-5-2-6-10-23)20-32-15-13-22(14-16-32)17-21-7-3-1-4-8-21/h1-12,19,22,26H,13-18,20H2,(H,31,33). The maximum atomic E-state index is 12.9. The summed E-state index contributed by atoms with van der Waals surface area (Å²) in [5.74, 6) is 0.663. The van der Waals surface area contributed by atoms with E-state index in [1.165, 1.54) is 18.4 Å². The van der Waals surface area contributed by atoms with Crippen molar-refractivity contribution in [2.75, 3.05) is 19.6 Å². The number of rotatable bonds is 8. The summed E-state index contributed by atoms with van der Waals surface area (Å²) in [7, 11) is 0. The number of carbonyl (C=O) groups excluding carboxylic acids is 1. The van der Waals surface area contributed by atoms with Crippen molar-refractivity contribution in [3.05, 3.63) is 106 Å². The molecule has 1 heterocycles. The van der Waals surface area contributed by atoms with Gasteiger partial charge in [0.05, 0.1) is 0 Å². The smallest absolute Gasteiger partial charge is 0.251 e. The first-order valence-corrected chi connectivity index (χ1v) is 12.4. The highest BCUT2D eigenvalue weighted by Gasteiger charge is 2.24. The van der Waals surface area contributed by atoms with Gasteiger partial charge in [-0.15, -0.1) is 0 Å². The summed E-state index contributed by atoms with van der Waals surface area (Å²) in [5, 5.41) is 4.51. The second-order valence-corrected chi connectivity index (χ2v) is 9.75. The van der Waals surface area contributed by atoms with Crippen LogP contribution in [0.4, 0.5) is 0 Å². The van der Waals surface area contributed by atoms with Gasteiger partial charge in [0.15, 0.2) is 0 Å². The summed E-state index contributed by atoms with van der Waals surface area (Å²) in [5.41, 5.74) is 3.09. The minimum atomic E-state index is -0.0513. The highest BCUT2D eigenvalue weighted by molar-refractivity contribution is 6.35. The van der Waals surface area contributed by atoms with E-state index in [0.717, 1.165) is 31.6 Å². The molecule has 1 fully saturated rings. The van der Waals surface area contributed by atoms with Crippen molar-refractivity contribution in [1.29, 1.82) is 0 Å². The molecule has 3 aromatic rings. The number of nitrogens with zero attached hydrogens (tertiary/aromatic N) is 1. The van der Waals surface area contributed by atoms with Crippen molar-refractivity contribution >= 4 is 29.1 Å². The molecule has 1 atom stereocenters. The summed E-state index contributed by atoms with van der Waals surface area (Å²) in [6, 6.07) is 25.7. The molecule has 1 N–H and O–H groups in total. The molecule has 3 aromatic carbocycles. The average molecular weight is 481 g/mol. The van der Waals surface area contributed by atoms with Crippen LogP contribution in [0.2, 0.25) is 10.0 Å². The fourth-order valence-corrected chi connectivity index (χ4v) is 5.09. The van der Waals surface area contributed by atoms with E-state index >= 15 is 0 Å². The molecule has 0 bridgehead atoms. The maximum Gasteiger partial charge on any atom is 0.251 e. The van der Waals surface area contributed by atoms with Gasteiger partial charge in [0, 0.05) is 28.2 Å². The Morgan fingerprint density at radius 3 is 2.27 bits per heavy atom. The van der Waals surface area contributed by atoms with E-state index in [0.29, 0.717) is 27.9 Å². The Hall–Kier alpha value is -2.33. The second-order valence-electron chi connectivity index (χ2n) is 8.91. The molecule has 1 unspecified atom stereocenters. The van der Waals surface area contributed by atoms with E-state index in [4.69, 9.17) is 23.2 Å². The number of hydrogen-bond acceptors (Lipinski definition) is 2. The van der Waals surface area contributed by atoms with Crippen LogP contribution in [0.25, 0.3) is 0 Å². The summed E-state index contributed by atoms with van der Waals surface area (Å²) in [6.45, 7) is 2.89. The third-order valence-electron chi connectivity index (χ3n) is 6.41. The normalized spacial score (nSPS) is 15.8. The lowest BCUT2D eigenvalue weighted by Crippen LogP contribution is -2.47. The number of benzene rings is 3. The number of carbonyl (C=O) groups is 1. The largest absolute Gasteiger partial charge is 0.348 e. The molecule has 1 aliphatic rings. The molecule has 0 radical (unpaired) electrons. The van der Waals surface area contributed by atoms with E-state index in [2.05, 4.69) is 40.5 Å². The molecule has 1 amide bonds. The molecular formula is C28H30Cl2N2O. The quantitative estimate of drug-likeness (QED) is 0.410. The van der Waals surface area contributed by atoms with Crippen LogP contribution >= 0.6 is 23.2 Å².